The summed E-state index contributed by atoms with van der Waals surface area (Å²) in [6, 6.07) is 20.0. The maximum Gasteiger partial charge on any atom is 0.243 e. The molecule has 39 heavy (non-hydrogen) atoms. The van der Waals surface area contributed by atoms with E-state index in [0.717, 1.165) is 22.5 Å². The molecule has 3 aromatic rings. The number of sulfonamides is 1. The highest BCUT2D eigenvalue weighted by atomic mass is 32.2. The van der Waals surface area contributed by atoms with Gasteiger partial charge >= 0.3 is 0 Å². The lowest BCUT2D eigenvalue weighted by Crippen LogP contribution is -2.54. The highest BCUT2D eigenvalue weighted by Gasteiger charge is 2.59. The van der Waals surface area contributed by atoms with Crippen molar-refractivity contribution in [2.24, 2.45) is 0 Å². The minimum Gasteiger partial charge on any atom is -0.454 e. The summed E-state index contributed by atoms with van der Waals surface area (Å²) >= 11 is 0. The molecular weight excluding hydrogens is 520 g/mol. The molecule has 4 aliphatic heterocycles. The fourth-order valence-electron chi connectivity index (χ4n) is 5.91. The van der Waals surface area contributed by atoms with Crippen LogP contribution in [0.5, 0.6) is 11.5 Å². The maximum atomic E-state index is 14.3. The molecule has 0 amide bonds. The molecule has 0 N–H and O–H groups in total. The molecule has 0 saturated carbocycles. The monoisotopic (exact) mass is 550 g/mol. The van der Waals surface area contributed by atoms with Gasteiger partial charge in [0.15, 0.2) is 23.6 Å². The molecule has 4 heterocycles. The summed E-state index contributed by atoms with van der Waals surface area (Å²) in [7, 11) is -3.92. The van der Waals surface area contributed by atoms with Gasteiger partial charge in [-0.15, -0.1) is 0 Å². The van der Waals surface area contributed by atoms with Gasteiger partial charge in [0.25, 0.3) is 0 Å². The predicted molar refractivity (Wildman–Crippen MR) is 142 cm³/mol. The van der Waals surface area contributed by atoms with Crippen LogP contribution >= 0.6 is 0 Å². The van der Waals surface area contributed by atoms with Crippen LogP contribution < -0.4 is 14.4 Å². The Morgan fingerprint density at radius 1 is 0.923 bits per heavy atom. The Morgan fingerprint density at radius 3 is 2.51 bits per heavy atom. The normalized spacial score (nSPS) is 27.4. The first-order valence-electron chi connectivity index (χ1n) is 13.0. The average Bonchev–Trinajstić information content (AvgIpc) is 3.56. The smallest absolute Gasteiger partial charge is 0.243 e. The number of aryl methyl sites for hydroxylation is 1. The van der Waals surface area contributed by atoms with Crippen molar-refractivity contribution in [1.29, 1.82) is 0 Å². The van der Waals surface area contributed by atoms with Gasteiger partial charge in [-0.05, 0) is 56.7 Å². The third-order valence-corrected chi connectivity index (χ3v) is 9.57. The zero-order chi connectivity index (χ0) is 26.9. The number of hydrogen-bond donors (Lipinski definition) is 0. The first-order valence-corrected chi connectivity index (χ1v) is 14.5. The molecule has 0 aliphatic carbocycles. The number of ether oxygens (including phenoxy) is 5. The summed E-state index contributed by atoms with van der Waals surface area (Å²) in [6.07, 6.45) is -1.81. The highest BCUT2D eigenvalue weighted by molar-refractivity contribution is 7.89. The number of nitrogens with zero attached hydrogens (tertiary/aromatic N) is 2. The van der Waals surface area contributed by atoms with Crippen LogP contribution in [-0.4, -0.2) is 56.4 Å². The summed E-state index contributed by atoms with van der Waals surface area (Å²) in [5, 5.41) is 0. The lowest BCUT2D eigenvalue weighted by atomic mass is 10.0. The molecule has 0 unspecified atom stereocenters. The molecule has 10 heteroatoms. The van der Waals surface area contributed by atoms with E-state index in [2.05, 4.69) is 4.90 Å². The van der Waals surface area contributed by atoms with Gasteiger partial charge < -0.3 is 28.6 Å². The third kappa shape index (κ3) is 4.18. The molecule has 204 valence electrons. The fraction of sp³-hybridized carbons (Fsp3) is 0.379. The van der Waals surface area contributed by atoms with E-state index in [-0.39, 0.29) is 18.2 Å². The van der Waals surface area contributed by atoms with E-state index in [9.17, 15) is 8.42 Å². The van der Waals surface area contributed by atoms with E-state index in [1.807, 2.05) is 75.4 Å². The first-order chi connectivity index (χ1) is 18.7. The molecule has 0 bridgehead atoms. The van der Waals surface area contributed by atoms with Crippen molar-refractivity contribution in [2.75, 3.05) is 18.2 Å². The second-order valence-electron chi connectivity index (χ2n) is 10.8. The topological polar surface area (TPSA) is 86.8 Å². The lowest BCUT2D eigenvalue weighted by Gasteiger charge is -2.40. The Kier molecular flexibility index (Phi) is 5.70. The number of para-hydroxylation sites is 1. The zero-order valence-corrected chi connectivity index (χ0v) is 22.8. The fourth-order valence-corrected chi connectivity index (χ4v) is 7.54. The van der Waals surface area contributed by atoms with Crippen LogP contribution in [0.15, 0.2) is 71.6 Å². The Morgan fingerprint density at radius 2 is 1.69 bits per heavy atom. The van der Waals surface area contributed by atoms with Gasteiger partial charge in [0.2, 0.25) is 16.8 Å². The van der Waals surface area contributed by atoms with Gasteiger partial charge in [-0.25, -0.2) is 8.42 Å². The summed E-state index contributed by atoms with van der Waals surface area (Å²) in [5.41, 5.74) is 3.64. The van der Waals surface area contributed by atoms with Crippen LogP contribution in [0.3, 0.4) is 0 Å². The summed E-state index contributed by atoms with van der Waals surface area (Å²) in [6.45, 7) is 6.28. The second kappa shape index (κ2) is 8.94. The van der Waals surface area contributed by atoms with Crippen LogP contribution in [0.25, 0.3) is 0 Å². The van der Waals surface area contributed by atoms with Crippen molar-refractivity contribution in [3.63, 3.8) is 0 Å². The maximum absolute atomic E-state index is 14.3. The van der Waals surface area contributed by atoms with Gasteiger partial charge in [0.1, 0.15) is 6.10 Å². The molecule has 7 rings (SSSR count). The Labute approximate surface area is 227 Å². The Hall–Kier alpha value is -3.15. The Bertz CT molecular complexity index is 1520. The van der Waals surface area contributed by atoms with Gasteiger partial charge in [0, 0.05) is 24.0 Å². The van der Waals surface area contributed by atoms with E-state index in [4.69, 9.17) is 23.7 Å². The number of fused-ring (bicyclic) bond motifs is 5. The summed E-state index contributed by atoms with van der Waals surface area (Å²) in [4.78, 5) is 2.39. The quantitative estimate of drug-likeness (QED) is 0.477. The van der Waals surface area contributed by atoms with Crippen molar-refractivity contribution in [2.45, 2.75) is 62.5 Å². The molecule has 0 spiro atoms. The van der Waals surface area contributed by atoms with Gasteiger partial charge in [-0.2, -0.15) is 4.31 Å². The minimum atomic E-state index is -3.92. The zero-order valence-electron chi connectivity index (χ0n) is 21.9. The van der Waals surface area contributed by atoms with Gasteiger partial charge in [0.05, 0.1) is 23.6 Å². The number of anilines is 2. The standard InChI is InChI=1S/C29H30N2O7S/c1-18-8-11-21(12-9-18)39(32,33)31-15-19-6-4-5-7-22(19)30(20-10-13-23-24(14-20)35-17-34-23)16-25-26(31)27-28(36-25)38-29(2,3)37-27/h4-14,25-28H,15-17H2,1-3H3/t25-,26-,27-,28-/m1/s1. The van der Waals surface area contributed by atoms with Crippen molar-refractivity contribution in [3.05, 3.63) is 77.9 Å². The van der Waals surface area contributed by atoms with Crippen molar-refractivity contribution < 1.29 is 32.1 Å². The number of rotatable bonds is 3. The highest BCUT2D eigenvalue weighted by Crippen LogP contribution is 2.46. The van der Waals surface area contributed by atoms with Crippen LogP contribution in [0.2, 0.25) is 0 Å². The molecule has 4 atom stereocenters. The van der Waals surface area contributed by atoms with E-state index in [1.165, 1.54) is 0 Å². The molecule has 9 nitrogen and oxygen atoms in total. The van der Waals surface area contributed by atoms with E-state index in [1.54, 1.807) is 16.4 Å². The van der Waals surface area contributed by atoms with Crippen molar-refractivity contribution in [3.8, 4) is 11.5 Å². The molecule has 4 aliphatic rings. The SMILES string of the molecule is Cc1ccc(S(=O)(=O)N2Cc3ccccc3N(c3ccc4c(c3)OCO4)C[C@H]3O[C@@H]4OC(C)(C)O[C@@H]4[C@@H]32)cc1. The third-order valence-electron chi connectivity index (χ3n) is 7.71. The van der Waals surface area contributed by atoms with E-state index < -0.39 is 40.4 Å². The van der Waals surface area contributed by atoms with Crippen molar-refractivity contribution in [1.82, 2.24) is 4.31 Å². The second-order valence-corrected chi connectivity index (χ2v) is 12.7. The average molecular weight is 551 g/mol. The minimum absolute atomic E-state index is 0.144. The van der Waals surface area contributed by atoms with Gasteiger partial charge in [-0.1, -0.05) is 35.9 Å². The summed E-state index contributed by atoms with van der Waals surface area (Å²) in [5.74, 6) is 0.476. The van der Waals surface area contributed by atoms with Crippen LogP contribution in [0.1, 0.15) is 25.0 Å². The lowest BCUT2D eigenvalue weighted by molar-refractivity contribution is -0.208. The van der Waals surface area contributed by atoms with Crippen LogP contribution in [0, 0.1) is 6.92 Å². The van der Waals surface area contributed by atoms with Crippen LogP contribution in [0.4, 0.5) is 11.4 Å². The molecule has 0 aromatic heterocycles. The molecule has 0 radical (unpaired) electrons. The number of hydrogen-bond acceptors (Lipinski definition) is 8. The Balaban J connectivity index is 1.37. The molecular formula is C29H30N2O7S. The summed E-state index contributed by atoms with van der Waals surface area (Å²) < 4.78 is 60.1. The van der Waals surface area contributed by atoms with E-state index in [0.29, 0.717) is 18.0 Å². The van der Waals surface area contributed by atoms with Gasteiger partial charge in [-0.3, -0.25) is 0 Å². The molecule has 3 aromatic carbocycles. The number of benzene rings is 3. The van der Waals surface area contributed by atoms with E-state index >= 15 is 0 Å². The largest absolute Gasteiger partial charge is 0.454 e. The molecule has 2 fully saturated rings. The van der Waals surface area contributed by atoms with Crippen molar-refractivity contribution >= 4 is 21.4 Å². The first kappa shape index (κ1) is 24.9. The predicted octanol–water partition coefficient (Wildman–Crippen LogP) is 4.31. The van der Waals surface area contributed by atoms with Crippen LogP contribution in [-0.2, 0) is 30.8 Å². The molecule has 2 saturated heterocycles.